The minimum Gasteiger partial charge on any atom is -0.328 e. The van der Waals surface area contributed by atoms with E-state index >= 15 is 0 Å². The SMILES string of the molecule is Clc1nc2c(Cl)cc(Cl)c(Sc3ccccc3)c2[nH]1. The fraction of sp³-hybridized carbons (Fsp3) is 0. The van der Waals surface area contributed by atoms with Crippen molar-refractivity contribution >= 4 is 57.6 Å². The van der Waals surface area contributed by atoms with Crippen LogP contribution >= 0.6 is 46.6 Å². The predicted molar refractivity (Wildman–Crippen MR) is 81.7 cm³/mol. The Morgan fingerprint density at radius 3 is 2.47 bits per heavy atom. The van der Waals surface area contributed by atoms with Gasteiger partial charge >= 0.3 is 0 Å². The van der Waals surface area contributed by atoms with Crippen LogP contribution < -0.4 is 0 Å². The van der Waals surface area contributed by atoms with Crippen LogP contribution in [0.25, 0.3) is 11.0 Å². The molecule has 0 amide bonds. The molecule has 1 heterocycles. The Labute approximate surface area is 129 Å². The quantitative estimate of drug-likeness (QED) is 0.655. The van der Waals surface area contributed by atoms with Crippen molar-refractivity contribution in [3.05, 3.63) is 51.7 Å². The molecule has 0 unspecified atom stereocenters. The van der Waals surface area contributed by atoms with Crippen molar-refractivity contribution in [1.82, 2.24) is 9.97 Å². The maximum atomic E-state index is 6.27. The Balaban J connectivity index is 2.17. The first-order chi connectivity index (χ1) is 9.15. The smallest absolute Gasteiger partial charge is 0.201 e. The Bertz CT molecular complexity index is 740. The molecule has 3 rings (SSSR count). The highest BCUT2D eigenvalue weighted by molar-refractivity contribution is 7.99. The summed E-state index contributed by atoms with van der Waals surface area (Å²) in [4.78, 5) is 9.11. The normalized spacial score (nSPS) is 11.1. The number of aromatic amines is 1. The third kappa shape index (κ3) is 2.56. The summed E-state index contributed by atoms with van der Waals surface area (Å²) in [6.45, 7) is 0. The maximum Gasteiger partial charge on any atom is 0.201 e. The number of fused-ring (bicyclic) bond motifs is 1. The van der Waals surface area contributed by atoms with Gasteiger partial charge in [-0.3, -0.25) is 0 Å². The van der Waals surface area contributed by atoms with E-state index in [9.17, 15) is 0 Å². The zero-order valence-electron chi connectivity index (χ0n) is 9.45. The molecule has 0 saturated carbocycles. The van der Waals surface area contributed by atoms with Crippen LogP contribution in [0.2, 0.25) is 15.3 Å². The zero-order valence-corrected chi connectivity index (χ0v) is 12.5. The van der Waals surface area contributed by atoms with Crippen molar-refractivity contribution in [3.8, 4) is 0 Å². The first-order valence-electron chi connectivity index (χ1n) is 5.41. The number of benzene rings is 2. The first kappa shape index (κ1) is 13.1. The average molecular weight is 330 g/mol. The van der Waals surface area contributed by atoms with Gasteiger partial charge in [-0.2, -0.15) is 0 Å². The monoisotopic (exact) mass is 328 g/mol. The number of halogens is 3. The molecule has 2 nitrogen and oxygen atoms in total. The summed E-state index contributed by atoms with van der Waals surface area (Å²) in [7, 11) is 0. The fourth-order valence-electron chi connectivity index (χ4n) is 1.75. The molecule has 0 saturated heterocycles. The van der Waals surface area contributed by atoms with Crippen LogP contribution in [0.3, 0.4) is 0 Å². The van der Waals surface area contributed by atoms with E-state index in [1.54, 1.807) is 17.8 Å². The molecule has 6 heteroatoms. The number of imidazole rings is 1. The average Bonchev–Trinajstić information content (AvgIpc) is 2.78. The van der Waals surface area contributed by atoms with Crippen molar-refractivity contribution in [2.45, 2.75) is 9.79 Å². The van der Waals surface area contributed by atoms with E-state index in [-0.39, 0.29) is 0 Å². The van der Waals surface area contributed by atoms with Crippen LogP contribution in [0.15, 0.2) is 46.2 Å². The molecule has 2 aromatic carbocycles. The van der Waals surface area contributed by atoms with Crippen LogP contribution in [0, 0.1) is 0 Å². The molecule has 1 N–H and O–H groups in total. The first-order valence-corrected chi connectivity index (χ1v) is 7.36. The summed E-state index contributed by atoms with van der Waals surface area (Å²) in [6, 6.07) is 11.6. The molecule has 1 aromatic heterocycles. The molecular weight excluding hydrogens is 323 g/mol. The van der Waals surface area contributed by atoms with Gasteiger partial charge in [-0.1, -0.05) is 53.2 Å². The molecule has 0 aliphatic carbocycles. The molecule has 0 bridgehead atoms. The Morgan fingerprint density at radius 1 is 1.00 bits per heavy atom. The molecule has 0 radical (unpaired) electrons. The van der Waals surface area contributed by atoms with E-state index in [2.05, 4.69) is 9.97 Å². The highest BCUT2D eigenvalue weighted by Crippen LogP contribution is 2.41. The number of hydrogen-bond donors (Lipinski definition) is 1. The number of rotatable bonds is 2. The van der Waals surface area contributed by atoms with Crippen molar-refractivity contribution < 1.29 is 0 Å². The predicted octanol–water partition coefficient (Wildman–Crippen LogP) is 5.67. The summed E-state index contributed by atoms with van der Waals surface area (Å²) < 4.78 is 0. The van der Waals surface area contributed by atoms with Gasteiger partial charge < -0.3 is 4.98 Å². The summed E-state index contributed by atoms with van der Waals surface area (Å²) in [5.41, 5.74) is 1.39. The summed E-state index contributed by atoms with van der Waals surface area (Å²) in [5.74, 6) is 0. The Kier molecular flexibility index (Phi) is 3.63. The molecule has 3 aromatic rings. The molecule has 0 spiro atoms. The number of hydrogen-bond acceptors (Lipinski definition) is 2. The van der Waals surface area contributed by atoms with Crippen molar-refractivity contribution in [3.63, 3.8) is 0 Å². The van der Waals surface area contributed by atoms with Gasteiger partial charge in [0.05, 0.1) is 20.5 Å². The fourth-order valence-corrected chi connectivity index (χ4v) is 3.49. The van der Waals surface area contributed by atoms with Gasteiger partial charge in [0.2, 0.25) is 5.28 Å². The number of nitrogens with one attached hydrogen (secondary N) is 1. The molecule has 0 aliphatic heterocycles. The lowest BCUT2D eigenvalue weighted by molar-refractivity contribution is 1.33. The van der Waals surface area contributed by atoms with Crippen LogP contribution in [0.4, 0.5) is 0 Å². The summed E-state index contributed by atoms with van der Waals surface area (Å²) in [5, 5.41) is 1.36. The maximum absolute atomic E-state index is 6.27. The molecule has 0 aliphatic rings. The van der Waals surface area contributed by atoms with Gasteiger partial charge in [0, 0.05) is 4.90 Å². The molecular formula is C13H7Cl3N2S. The van der Waals surface area contributed by atoms with Gasteiger partial charge in [0.15, 0.2) is 0 Å². The number of nitrogens with zero attached hydrogens (tertiary/aromatic N) is 1. The van der Waals surface area contributed by atoms with Crippen molar-refractivity contribution in [1.29, 1.82) is 0 Å². The Morgan fingerprint density at radius 2 is 1.74 bits per heavy atom. The van der Waals surface area contributed by atoms with Crippen LogP contribution in [-0.2, 0) is 0 Å². The second-order valence-corrected chi connectivity index (χ2v) is 6.09. The number of aromatic nitrogens is 2. The van der Waals surface area contributed by atoms with Crippen LogP contribution in [0.5, 0.6) is 0 Å². The summed E-state index contributed by atoms with van der Waals surface area (Å²) >= 11 is 19.8. The van der Waals surface area contributed by atoms with E-state index in [4.69, 9.17) is 34.8 Å². The largest absolute Gasteiger partial charge is 0.328 e. The van der Waals surface area contributed by atoms with E-state index in [1.165, 1.54) is 0 Å². The lowest BCUT2D eigenvalue weighted by Crippen LogP contribution is -1.81. The van der Waals surface area contributed by atoms with Gasteiger partial charge in [0.1, 0.15) is 5.52 Å². The van der Waals surface area contributed by atoms with Crippen molar-refractivity contribution in [2.75, 3.05) is 0 Å². The molecule has 0 atom stereocenters. The van der Waals surface area contributed by atoms with E-state index < -0.39 is 0 Å². The number of H-pyrrole nitrogens is 1. The second-order valence-electron chi connectivity index (χ2n) is 3.84. The van der Waals surface area contributed by atoms with E-state index in [0.717, 1.165) is 15.3 Å². The van der Waals surface area contributed by atoms with E-state index in [0.29, 0.717) is 20.8 Å². The highest BCUT2D eigenvalue weighted by Gasteiger charge is 2.15. The van der Waals surface area contributed by atoms with Crippen molar-refractivity contribution in [2.24, 2.45) is 0 Å². The summed E-state index contributed by atoms with van der Waals surface area (Å²) in [6.07, 6.45) is 0. The minimum atomic E-state index is 0.300. The molecule has 0 fully saturated rings. The lowest BCUT2D eigenvalue weighted by Gasteiger charge is -2.06. The topological polar surface area (TPSA) is 28.7 Å². The minimum absolute atomic E-state index is 0.300. The third-order valence-electron chi connectivity index (χ3n) is 2.56. The highest BCUT2D eigenvalue weighted by atomic mass is 35.5. The van der Waals surface area contributed by atoms with Gasteiger partial charge in [-0.05, 0) is 29.8 Å². The second kappa shape index (κ2) is 5.25. The third-order valence-corrected chi connectivity index (χ3v) is 4.57. The zero-order chi connectivity index (χ0) is 13.4. The van der Waals surface area contributed by atoms with E-state index in [1.807, 2.05) is 30.3 Å². The van der Waals surface area contributed by atoms with Gasteiger partial charge in [0.25, 0.3) is 0 Å². The van der Waals surface area contributed by atoms with Crippen LogP contribution in [-0.4, -0.2) is 9.97 Å². The molecule has 96 valence electrons. The molecule has 19 heavy (non-hydrogen) atoms. The lowest BCUT2D eigenvalue weighted by atomic mass is 10.3. The standard InChI is InChI=1S/C13H7Cl3N2S/c14-8-6-9(15)12(11-10(8)17-13(16)18-11)19-7-4-2-1-3-5-7/h1-6H,(H,17,18). The van der Waals surface area contributed by atoms with Gasteiger partial charge in [-0.15, -0.1) is 0 Å². The van der Waals surface area contributed by atoms with Gasteiger partial charge in [-0.25, -0.2) is 4.98 Å². The Hall–Kier alpha value is -0.870. The van der Waals surface area contributed by atoms with Crippen LogP contribution in [0.1, 0.15) is 0 Å².